The third-order valence-corrected chi connectivity index (χ3v) is 4.32. The SMILES string of the molecule is CCOC(=O)c1c(NC(=O)C(C)S(C)(=O)=O)c[nH]c1C. The lowest BCUT2D eigenvalue weighted by Crippen LogP contribution is -2.32. The van der Waals surface area contributed by atoms with Crippen LogP contribution in [0.5, 0.6) is 0 Å². The Labute approximate surface area is 117 Å². The third-order valence-electron chi connectivity index (χ3n) is 2.83. The fourth-order valence-electron chi connectivity index (χ4n) is 1.52. The Hall–Kier alpha value is -1.83. The maximum absolute atomic E-state index is 11.8. The zero-order valence-corrected chi connectivity index (χ0v) is 12.6. The number of sulfone groups is 1. The highest BCUT2D eigenvalue weighted by molar-refractivity contribution is 7.92. The van der Waals surface area contributed by atoms with Crippen molar-refractivity contribution >= 4 is 27.4 Å². The molecule has 0 fully saturated rings. The minimum atomic E-state index is -3.50. The smallest absolute Gasteiger partial charge is 0.342 e. The van der Waals surface area contributed by atoms with Crippen molar-refractivity contribution in [2.45, 2.75) is 26.0 Å². The number of hydrogen-bond donors (Lipinski definition) is 2. The zero-order chi connectivity index (χ0) is 15.5. The highest BCUT2D eigenvalue weighted by atomic mass is 32.2. The zero-order valence-electron chi connectivity index (χ0n) is 11.8. The molecule has 0 aliphatic rings. The Morgan fingerprint density at radius 2 is 2.05 bits per heavy atom. The van der Waals surface area contributed by atoms with Crippen LogP contribution in [0, 0.1) is 6.92 Å². The van der Waals surface area contributed by atoms with Crippen LogP contribution in [0.4, 0.5) is 5.69 Å². The fraction of sp³-hybridized carbons (Fsp3) is 0.500. The molecule has 1 rings (SSSR count). The van der Waals surface area contributed by atoms with Crippen molar-refractivity contribution in [3.05, 3.63) is 17.5 Å². The van der Waals surface area contributed by atoms with Gasteiger partial charge in [0.25, 0.3) is 0 Å². The van der Waals surface area contributed by atoms with Crippen molar-refractivity contribution in [1.29, 1.82) is 0 Å². The molecule has 1 aromatic rings. The van der Waals surface area contributed by atoms with Crippen LogP contribution >= 0.6 is 0 Å². The van der Waals surface area contributed by atoms with Crippen molar-refractivity contribution in [2.24, 2.45) is 0 Å². The van der Waals surface area contributed by atoms with Crippen molar-refractivity contribution in [3.63, 3.8) is 0 Å². The van der Waals surface area contributed by atoms with E-state index in [-0.39, 0.29) is 17.9 Å². The van der Waals surface area contributed by atoms with Crippen molar-refractivity contribution < 1.29 is 22.7 Å². The van der Waals surface area contributed by atoms with E-state index in [0.717, 1.165) is 6.26 Å². The van der Waals surface area contributed by atoms with E-state index in [9.17, 15) is 18.0 Å². The summed E-state index contributed by atoms with van der Waals surface area (Å²) in [6.07, 6.45) is 2.40. The molecule has 0 saturated carbocycles. The van der Waals surface area contributed by atoms with Gasteiger partial charge in [0.1, 0.15) is 10.8 Å². The van der Waals surface area contributed by atoms with E-state index in [2.05, 4.69) is 10.3 Å². The molecular weight excluding hydrogens is 284 g/mol. The Kier molecular flexibility index (Phi) is 4.93. The van der Waals surface area contributed by atoms with E-state index in [1.54, 1.807) is 13.8 Å². The molecule has 1 amide bonds. The molecule has 2 N–H and O–H groups in total. The quantitative estimate of drug-likeness (QED) is 0.785. The first-order valence-corrected chi connectivity index (χ1v) is 7.98. The summed E-state index contributed by atoms with van der Waals surface area (Å²) in [6.45, 7) is 4.82. The third kappa shape index (κ3) is 3.60. The summed E-state index contributed by atoms with van der Waals surface area (Å²) in [7, 11) is -3.50. The van der Waals surface area contributed by atoms with Crippen molar-refractivity contribution in [2.75, 3.05) is 18.2 Å². The number of aromatic amines is 1. The van der Waals surface area contributed by atoms with E-state index in [1.165, 1.54) is 13.1 Å². The molecule has 1 aromatic heterocycles. The summed E-state index contributed by atoms with van der Waals surface area (Å²) in [6, 6.07) is 0. The number of anilines is 1. The number of ether oxygens (including phenoxy) is 1. The van der Waals surface area contributed by atoms with E-state index < -0.39 is 27.0 Å². The highest BCUT2D eigenvalue weighted by Crippen LogP contribution is 2.21. The summed E-state index contributed by atoms with van der Waals surface area (Å²) in [5, 5.41) is 1.23. The Morgan fingerprint density at radius 3 is 2.55 bits per heavy atom. The second kappa shape index (κ2) is 6.08. The summed E-state index contributed by atoms with van der Waals surface area (Å²) in [4.78, 5) is 26.4. The lowest BCUT2D eigenvalue weighted by molar-refractivity contribution is -0.115. The maximum Gasteiger partial charge on any atom is 0.342 e. The predicted octanol–water partition coefficient (Wildman–Crippen LogP) is 0.871. The topological polar surface area (TPSA) is 105 Å². The Morgan fingerprint density at radius 1 is 1.45 bits per heavy atom. The van der Waals surface area contributed by atoms with Gasteiger partial charge in [0.05, 0.1) is 12.3 Å². The van der Waals surface area contributed by atoms with Gasteiger partial charge in [-0.3, -0.25) is 4.79 Å². The van der Waals surface area contributed by atoms with Crippen LogP contribution < -0.4 is 5.32 Å². The molecule has 1 heterocycles. The number of aromatic nitrogens is 1. The monoisotopic (exact) mass is 302 g/mol. The fourth-order valence-corrected chi connectivity index (χ4v) is 1.97. The molecular formula is C12H18N2O5S. The van der Waals surface area contributed by atoms with Crippen LogP contribution in [0.1, 0.15) is 29.9 Å². The summed E-state index contributed by atoms with van der Waals surface area (Å²) < 4.78 is 27.5. The average molecular weight is 302 g/mol. The Bertz CT molecular complexity index is 618. The Balaban J connectivity index is 3.00. The van der Waals surface area contributed by atoms with Gasteiger partial charge < -0.3 is 15.0 Å². The first kappa shape index (κ1) is 16.2. The molecule has 0 aromatic carbocycles. The molecule has 0 saturated heterocycles. The second-order valence-corrected chi connectivity index (χ2v) is 6.75. The number of rotatable bonds is 5. The largest absolute Gasteiger partial charge is 0.462 e. The summed E-state index contributed by atoms with van der Waals surface area (Å²) >= 11 is 0. The van der Waals surface area contributed by atoms with E-state index in [4.69, 9.17) is 4.74 Å². The molecule has 1 unspecified atom stereocenters. The van der Waals surface area contributed by atoms with Crippen LogP contribution in [-0.2, 0) is 19.4 Å². The lowest BCUT2D eigenvalue weighted by atomic mass is 10.2. The van der Waals surface area contributed by atoms with E-state index in [1.807, 2.05) is 0 Å². The number of aryl methyl sites for hydroxylation is 1. The number of amides is 1. The van der Waals surface area contributed by atoms with Crippen LogP contribution in [0.15, 0.2) is 6.20 Å². The summed E-state index contributed by atoms with van der Waals surface area (Å²) in [5.74, 6) is -1.27. The number of H-pyrrole nitrogens is 1. The van der Waals surface area contributed by atoms with E-state index in [0.29, 0.717) is 5.69 Å². The molecule has 8 heteroatoms. The van der Waals surface area contributed by atoms with Crippen LogP contribution in [0.2, 0.25) is 0 Å². The standard InChI is InChI=1S/C12H18N2O5S/c1-5-19-12(16)10-7(2)13-6-9(10)14-11(15)8(3)20(4,17)18/h6,8,13H,5H2,1-4H3,(H,14,15). The maximum atomic E-state index is 11.8. The number of carbonyl (C=O) groups excluding carboxylic acids is 2. The molecule has 0 bridgehead atoms. The minimum absolute atomic E-state index is 0.195. The number of esters is 1. The normalized spacial score (nSPS) is 12.8. The van der Waals surface area contributed by atoms with Crippen molar-refractivity contribution in [1.82, 2.24) is 4.98 Å². The molecule has 0 radical (unpaired) electrons. The first-order valence-electron chi connectivity index (χ1n) is 6.03. The summed E-state index contributed by atoms with van der Waals surface area (Å²) in [5.41, 5.74) is 0.938. The van der Waals surface area contributed by atoms with Gasteiger partial charge in [-0.05, 0) is 20.8 Å². The molecule has 20 heavy (non-hydrogen) atoms. The van der Waals surface area contributed by atoms with Gasteiger partial charge in [-0.15, -0.1) is 0 Å². The molecule has 1 atom stereocenters. The molecule has 7 nitrogen and oxygen atoms in total. The number of nitrogens with one attached hydrogen (secondary N) is 2. The molecule has 0 spiro atoms. The van der Waals surface area contributed by atoms with Crippen molar-refractivity contribution in [3.8, 4) is 0 Å². The van der Waals surface area contributed by atoms with Gasteiger partial charge in [-0.25, -0.2) is 13.2 Å². The highest BCUT2D eigenvalue weighted by Gasteiger charge is 2.26. The average Bonchev–Trinajstić information content (AvgIpc) is 2.68. The predicted molar refractivity (Wildman–Crippen MR) is 74.4 cm³/mol. The molecule has 0 aliphatic carbocycles. The number of carbonyl (C=O) groups is 2. The first-order chi connectivity index (χ1) is 9.18. The molecule has 0 aliphatic heterocycles. The van der Waals surface area contributed by atoms with Gasteiger partial charge in [0, 0.05) is 18.1 Å². The van der Waals surface area contributed by atoms with Gasteiger partial charge in [-0.2, -0.15) is 0 Å². The van der Waals surface area contributed by atoms with Crippen LogP contribution in [0.25, 0.3) is 0 Å². The van der Waals surface area contributed by atoms with Gasteiger partial charge in [0.2, 0.25) is 5.91 Å². The van der Waals surface area contributed by atoms with E-state index >= 15 is 0 Å². The van der Waals surface area contributed by atoms with Crippen LogP contribution in [0.3, 0.4) is 0 Å². The van der Waals surface area contributed by atoms with Gasteiger partial charge >= 0.3 is 5.97 Å². The van der Waals surface area contributed by atoms with Gasteiger partial charge in [0.15, 0.2) is 9.84 Å². The molecule has 112 valence electrons. The van der Waals surface area contributed by atoms with Gasteiger partial charge in [-0.1, -0.05) is 0 Å². The number of hydrogen-bond acceptors (Lipinski definition) is 5. The second-order valence-electron chi connectivity index (χ2n) is 4.38. The minimum Gasteiger partial charge on any atom is -0.462 e. The van der Waals surface area contributed by atoms with Crippen LogP contribution in [-0.4, -0.2) is 43.4 Å². The lowest BCUT2D eigenvalue weighted by Gasteiger charge is -2.11.